The quantitative estimate of drug-likeness (QED) is 0.600. The Labute approximate surface area is 124 Å². The van der Waals surface area contributed by atoms with Crippen LogP contribution in [0.1, 0.15) is 32.3 Å². The molecule has 5 N–H and O–H groups in total. The van der Waals surface area contributed by atoms with Crippen LogP contribution in [0.2, 0.25) is 0 Å². The Hall–Kier alpha value is -2.08. The number of carboxylic acid groups (broad SMARTS) is 1. The Kier molecular flexibility index (Phi) is 5.72. The first-order valence-electron chi connectivity index (χ1n) is 6.93. The van der Waals surface area contributed by atoms with Gasteiger partial charge in [0.25, 0.3) is 0 Å². The Morgan fingerprint density at radius 1 is 1.24 bits per heavy atom. The molecular formula is C15H22N2O4. The first-order chi connectivity index (χ1) is 9.84. The highest BCUT2D eigenvalue weighted by atomic mass is 16.4. The van der Waals surface area contributed by atoms with Crippen molar-refractivity contribution >= 4 is 11.9 Å². The summed E-state index contributed by atoms with van der Waals surface area (Å²) in [6, 6.07) is 5.53. The van der Waals surface area contributed by atoms with E-state index in [1.165, 1.54) is 12.1 Å². The van der Waals surface area contributed by atoms with Crippen molar-refractivity contribution in [2.75, 3.05) is 0 Å². The largest absolute Gasteiger partial charge is 0.508 e. The summed E-state index contributed by atoms with van der Waals surface area (Å²) in [6.45, 7) is 3.42. The highest BCUT2D eigenvalue weighted by Crippen LogP contribution is 2.16. The molecule has 1 aromatic rings. The van der Waals surface area contributed by atoms with E-state index in [4.69, 9.17) is 5.73 Å². The number of amides is 1. The summed E-state index contributed by atoms with van der Waals surface area (Å²) in [6.07, 6.45) is 0.849. The summed E-state index contributed by atoms with van der Waals surface area (Å²) in [5.41, 5.74) is 5.36. The fourth-order valence-corrected chi connectivity index (χ4v) is 2.09. The summed E-state index contributed by atoms with van der Waals surface area (Å²) in [7, 11) is 0. The van der Waals surface area contributed by atoms with Gasteiger partial charge in [0.1, 0.15) is 11.3 Å². The van der Waals surface area contributed by atoms with Crippen molar-refractivity contribution < 1.29 is 19.8 Å². The molecule has 0 saturated heterocycles. The Morgan fingerprint density at radius 2 is 1.76 bits per heavy atom. The molecule has 0 aliphatic heterocycles. The van der Waals surface area contributed by atoms with Crippen molar-refractivity contribution in [1.29, 1.82) is 0 Å². The molecule has 1 atom stereocenters. The molecule has 0 bridgehead atoms. The smallest absolute Gasteiger partial charge is 0.329 e. The number of carbonyl (C=O) groups excluding carboxylic acids is 1. The third-order valence-electron chi connectivity index (χ3n) is 3.71. The summed E-state index contributed by atoms with van der Waals surface area (Å²) < 4.78 is 0. The number of aromatic hydroxyl groups is 1. The van der Waals surface area contributed by atoms with Crippen LogP contribution >= 0.6 is 0 Å². The lowest BCUT2D eigenvalue weighted by Gasteiger charge is -2.29. The van der Waals surface area contributed by atoms with Crippen molar-refractivity contribution in [1.82, 2.24) is 5.32 Å². The van der Waals surface area contributed by atoms with Crippen LogP contribution in [0.3, 0.4) is 0 Å². The van der Waals surface area contributed by atoms with Crippen LogP contribution in [0.5, 0.6) is 5.75 Å². The van der Waals surface area contributed by atoms with Crippen molar-refractivity contribution in [3.05, 3.63) is 29.8 Å². The normalized spacial score (nSPS) is 12.7. The number of hydrogen-bond donors (Lipinski definition) is 4. The third-order valence-corrected chi connectivity index (χ3v) is 3.71. The van der Waals surface area contributed by atoms with Gasteiger partial charge >= 0.3 is 5.97 Å². The second-order valence-electron chi connectivity index (χ2n) is 5.06. The number of carbonyl (C=O) groups is 2. The van der Waals surface area contributed by atoms with Crippen LogP contribution in [0.4, 0.5) is 0 Å². The van der Waals surface area contributed by atoms with Gasteiger partial charge in [-0.2, -0.15) is 0 Å². The number of carboxylic acids is 1. The van der Waals surface area contributed by atoms with Gasteiger partial charge in [0.2, 0.25) is 5.91 Å². The van der Waals surface area contributed by atoms with Gasteiger partial charge in [-0.15, -0.1) is 0 Å². The molecule has 0 unspecified atom stereocenters. The molecule has 0 heterocycles. The zero-order valence-corrected chi connectivity index (χ0v) is 12.3. The van der Waals surface area contributed by atoms with E-state index < -0.39 is 23.5 Å². The van der Waals surface area contributed by atoms with Crippen LogP contribution in [-0.2, 0) is 16.0 Å². The van der Waals surface area contributed by atoms with E-state index in [0.29, 0.717) is 0 Å². The number of phenolic OH excluding ortho intramolecular Hbond substituents is 1. The van der Waals surface area contributed by atoms with Gasteiger partial charge in [-0.1, -0.05) is 26.0 Å². The Bertz CT molecular complexity index is 495. The molecule has 1 amide bonds. The number of phenols is 1. The number of nitrogens with one attached hydrogen (secondary N) is 1. The molecule has 6 heteroatoms. The average Bonchev–Trinajstić information content (AvgIpc) is 2.46. The summed E-state index contributed by atoms with van der Waals surface area (Å²) in [5, 5.41) is 21.0. The van der Waals surface area contributed by atoms with E-state index >= 15 is 0 Å². The minimum atomic E-state index is -1.27. The maximum absolute atomic E-state index is 12.1. The standard InChI is InChI=1S/C15H22N2O4/c1-3-15(4-2,14(20)21)17-13(19)12(16)9-10-5-7-11(18)8-6-10/h5-8,12,18H,3-4,9,16H2,1-2H3,(H,17,19)(H,20,21)/t12-/m0/s1. The summed E-state index contributed by atoms with van der Waals surface area (Å²) in [5.74, 6) is -1.41. The van der Waals surface area contributed by atoms with Crippen LogP contribution in [-0.4, -0.2) is 33.7 Å². The zero-order valence-electron chi connectivity index (χ0n) is 12.3. The van der Waals surface area contributed by atoms with Crippen LogP contribution in [0.15, 0.2) is 24.3 Å². The molecule has 0 spiro atoms. The average molecular weight is 294 g/mol. The van der Waals surface area contributed by atoms with E-state index in [9.17, 15) is 19.8 Å². The van der Waals surface area contributed by atoms with E-state index in [2.05, 4.69) is 5.32 Å². The second-order valence-corrected chi connectivity index (χ2v) is 5.06. The van der Waals surface area contributed by atoms with Crippen molar-refractivity contribution in [3.8, 4) is 5.75 Å². The van der Waals surface area contributed by atoms with Gasteiger partial charge in [0.05, 0.1) is 6.04 Å². The van der Waals surface area contributed by atoms with Gasteiger partial charge in [-0.3, -0.25) is 4.79 Å². The van der Waals surface area contributed by atoms with E-state index in [1.54, 1.807) is 26.0 Å². The molecule has 0 aromatic heterocycles. The molecule has 1 aromatic carbocycles. The van der Waals surface area contributed by atoms with E-state index in [1.807, 2.05) is 0 Å². The van der Waals surface area contributed by atoms with Crippen molar-refractivity contribution in [3.63, 3.8) is 0 Å². The topological polar surface area (TPSA) is 113 Å². The van der Waals surface area contributed by atoms with E-state index in [0.717, 1.165) is 5.56 Å². The second kappa shape index (κ2) is 7.08. The van der Waals surface area contributed by atoms with Crippen LogP contribution < -0.4 is 11.1 Å². The number of rotatable bonds is 7. The maximum atomic E-state index is 12.1. The third kappa shape index (κ3) is 4.19. The minimum absolute atomic E-state index is 0.138. The molecule has 0 aliphatic rings. The van der Waals surface area contributed by atoms with Crippen molar-refractivity contribution in [2.45, 2.75) is 44.7 Å². The lowest BCUT2D eigenvalue weighted by molar-refractivity contribution is -0.148. The fraction of sp³-hybridized carbons (Fsp3) is 0.467. The van der Waals surface area contributed by atoms with Gasteiger partial charge in [-0.05, 0) is 37.0 Å². The molecule has 0 saturated carbocycles. The van der Waals surface area contributed by atoms with Crippen LogP contribution in [0, 0.1) is 0 Å². The maximum Gasteiger partial charge on any atom is 0.329 e. The molecule has 6 nitrogen and oxygen atoms in total. The van der Waals surface area contributed by atoms with Gasteiger partial charge in [0.15, 0.2) is 0 Å². The zero-order chi connectivity index (χ0) is 16.0. The van der Waals surface area contributed by atoms with Gasteiger partial charge < -0.3 is 21.3 Å². The monoisotopic (exact) mass is 294 g/mol. The summed E-state index contributed by atoms with van der Waals surface area (Å²) >= 11 is 0. The number of benzene rings is 1. The lowest BCUT2D eigenvalue weighted by atomic mass is 9.92. The molecular weight excluding hydrogens is 272 g/mol. The molecule has 0 aliphatic carbocycles. The van der Waals surface area contributed by atoms with E-state index in [-0.39, 0.29) is 25.0 Å². The Morgan fingerprint density at radius 3 is 2.19 bits per heavy atom. The predicted octanol–water partition coefficient (Wildman–Crippen LogP) is 1.02. The first kappa shape index (κ1) is 17.0. The lowest BCUT2D eigenvalue weighted by Crippen LogP contribution is -2.58. The van der Waals surface area contributed by atoms with Crippen LogP contribution in [0.25, 0.3) is 0 Å². The first-order valence-corrected chi connectivity index (χ1v) is 6.93. The number of hydrogen-bond acceptors (Lipinski definition) is 4. The fourth-order valence-electron chi connectivity index (χ4n) is 2.09. The van der Waals surface area contributed by atoms with Gasteiger partial charge in [0, 0.05) is 0 Å². The minimum Gasteiger partial charge on any atom is -0.508 e. The number of nitrogens with two attached hydrogens (primary N) is 1. The molecule has 0 radical (unpaired) electrons. The van der Waals surface area contributed by atoms with Gasteiger partial charge in [-0.25, -0.2) is 4.79 Å². The SMILES string of the molecule is CCC(CC)(NC(=O)[C@@H](N)Cc1ccc(O)cc1)C(=O)O. The molecule has 1 rings (SSSR count). The predicted molar refractivity (Wildman–Crippen MR) is 78.9 cm³/mol. The molecule has 21 heavy (non-hydrogen) atoms. The highest BCUT2D eigenvalue weighted by molar-refractivity contribution is 5.89. The summed E-state index contributed by atoms with van der Waals surface area (Å²) in [4.78, 5) is 23.5. The molecule has 0 fully saturated rings. The Balaban J connectivity index is 2.73. The molecule has 116 valence electrons. The van der Waals surface area contributed by atoms with Crippen molar-refractivity contribution in [2.24, 2.45) is 5.73 Å². The highest BCUT2D eigenvalue weighted by Gasteiger charge is 2.37. The number of aliphatic carboxylic acids is 1.